The maximum absolute atomic E-state index is 13.1. The lowest BCUT2D eigenvalue weighted by Crippen LogP contribution is -2.41. The monoisotopic (exact) mass is 490 g/mol. The first kappa shape index (κ1) is 25.7. The number of thioether (sulfide) groups is 1. The number of benzene rings is 2. The molecule has 0 fully saturated rings. The number of carbonyl (C=O) groups excluding carboxylic acids is 2. The highest BCUT2D eigenvalue weighted by Gasteiger charge is 2.22. The van der Waals surface area contributed by atoms with E-state index in [-0.39, 0.29) is 0 Å². The zero-order valence-electron chi connectivity index (χ0n) is 19.4. The van der Waals surface area contributed by atoms with Crippen molar-refractivity contribution in [2.24, 2.45) is 0 Å². The molecule has 0 saturated heterocycles. The number of carboxylic acids is 1. The molecule has 2 aromatic carbocycles. The van der Waals surface area contributed by atoms with Crippen LogP contribution in [0.1, 0.15) is 38.3 Å². The second-order valence-electron chi connectivity index (χ2n) is 7.65. The van der Waals surface area contributed by atoms with E-state index in [1.807, 2.05) is 54.8 Å². The van der Waals surface area contributed by atoms with Crippen LogP contribution in [0.4, 0.5) is 0 Å². The Bertz CT molecular complexity index is 1230. The first-order valence-electron chi connectivity index (χ1n) is 10.9. The molecule has 1 atom stereocenters. The van der Waals surface area contributed by atoms with Gasteiger partial charge in [-0.3, -0.25) is 9.78 Å². The molecule has 2 N–H and O–H groups in total. The number of hydrogen-bond acceptors (Lipinski definition) is 6. The Balaban J connectivity index is 1.93. The van der Waals surface area contributed by atoms with Gasteiger partial charge in [-0.05, 0) is 58.9 Å². The average molecular weight is 491 g/mol. The van der Waals surface area contributed by atoms with Gasteiger partial charge in [0.15, 0.2) is 0 Å². The smallest absolute Gasteiger partial charge is 0.339 e. The summed E-state index contributed by atoms with van der Waals surface area (Å²) in [5.41, 5.74) is 3.79. The molecule has 1 heterocycles. The van der Waals surface area contributed by atoms with Crippen LogP contribution >= 0.6 is 11.8 Å². The standard InChI is InChI=1S/C27H26N2O5S/c1-34-27(33)21-14-19(16-28-17-21)9-8-18-10-11-22(23(15-18)20-6-4-3-5-7-20)25(30)29-24(26(31)32)12-13-35-2/h3-11,14-17,24H,12-13H2,1-2H3,(H,29,30)(H,31,32)/t24-/m0/s1. The summed E-state index contributed by atoms with van der Waals surface area (Å²) in [6.07, 6.45) is 8.96. The number of nitrogens with one attached hydrogen (secondary N) is 1. The highest BCUT2D eigenvalue weighted by Crippen LogP contribution is 2.26. The van der Waals surface area contributed by atoms with Gasteiger partial charge in [-0.15, -0.1) is 0 Å². The van der Waals surface area contributed by atoms with Crippen molar-refractivity contribution in [2.45, 2.75) is 12.5 Å². The number of nitrogens with zero attached hydrogens (tertiary/aromatic N) is 1. The van der Waals surface area contributed by atoms with E-state index in [9.17, 15) is 19.5 Å². The minimum atomic E-state index is -1.06. The topological polar surface area (TPSA) is 106 Å². The third-order valence-corrected chi connectivity index (χ3v) is 5.88. The lowest BCUT2D eigenvalue weighted by Gasteiger charge is -2.16. The van der Waals surface area contributed by atoms with Crippen LogP contribution in [-0.2, 0) is 9.53 Å². The largest absolute Gasteiger partial charge is 0.480 e. The fraction of sp³-hybridized carbons (Fsp3) is 0.185. The molecule has 7 nitrogen and oxygen atoms in total. The van der Waals surface area contributed by atoms with Gasteiger partial charge in [0.1, 0.15) is 6.04 Å². The lowest BCUT2D eigenvalue weighted by molar-refractivity contribution is -0.139. The minimum absolute atomic E-state index is 0.336. The Labute approximate surface area is 208 Å². The number of esters is 1. The highest BCUT2D eigenvalue weighted by molar-refractivity contribution is 7.98. The minimum Gasteiger partial charge on any atom is -0.480 e. The summed E-state index contributed by atoms with van der Waals surface area (Å²) in [4.78, 5) is 40.5. The summed E-state index contributed by atoms with van der Waals surface area (Å²) in [7, 11) is 1.31. The van der Waals surface area contributed by atoms with E-state index >= 15 is 0 Å². The summed E-state index contributed by atoms with van der Waals surface area (Å²) < 4.78 is 4.74. The number of pyridine rings is 1. The van der Waals surface area contributed by atoms with Gasteiger partial charge in [-0.25, -0.2) is 9.59 Å². The van der Waals surface area contributed by atoms with Crippen molar-refractivity contribution in [3.05, 3.63) is 89.2 Å². The molecule has 35 heavy (non-hydrogen) atoms. The number of carbonyl (C=O) groups is 3. The van der Waals surface area contributed by atoms with Gasteiger partial charge in [0.2, 0.25) is 0 Å². The van der Waals surface area contributed by atoms with Crippen LogP contribution in [0.15, 0.2) is 67.0 Å². The summed E-state index contributed by atoms with van der Waals surface area (Å²) in [5, 5.41) is 12.2. The van der Waals surface area contributed by atoms with Crippen molar-refractivity contribution >= 4 is 41.8 Å². The van der Waals surface area contributed by atoms with Gasteiger partial charge >= 0.3 is 11.9 Å². The average Bonchev–Trinajstić information content (AvgIpc) is 2.89. The van der Waals surface area contributed by atoms with Crippen molar-refractivity contribution in [1.82, 2.24) is 10.3 Å². The second kappa shape index (κ2) is 12.5. The number of rotatable bonds is 10. The Morgan fingerprint density at radius 3 is 2.49 bits per heavy atom. The van der Waals surface area contributed by atoms with E-state index < -0.39 is 23.9 Å². The van der Waals surface area contributed by atoms with Gasteiger partial charge in [0.25, 0.3) is 5.91 Å². The Hall–Kier alpha value is -3.91. The molecule has 3 aromatic rings. The van der Waals surface area contributed by atoms with E-state index in [4.69, 9.17) is 4.74 Å². The molecule has 180 valence electrons. The van der Waals surface area contributed by atoms with E-state index in [0.717, 1.165) is 11.1 Å². The predicted molar refractivity (Wildman–Crippen MR) is 138 cm³/mol. The summed E-state index contributed by atoms with van der Waals surface area (Å²) in [6.45, 7) is 0. The van der Waals surface area contributed by atoms with Crippen LogP contribution in [0.3, 0.4) is 0 Å². The van der Waals surface area contributed by atoms with Crippen LogP contribution < -0.4 is 5.32 Å². The third-order valence-electron chi connectivity index (χ3n) is 5.24. The molecule has 0 aliphatic carbocycles. The molecule has 3 rings (SSSR count). The Morgan fingerprint density at radius 1 is 1.06 bits per heavy atom. The summed E-state index contributed by atoms with van der Waals surface area (Å²) in [5.74, 6) is -1.34. The second-order valence-corrected chi connectivity index (χ2v) is 8.63. The quantitative estimate of drug-likeness (QED) is 0.399. The fourth-order valence-electron chi connectivity index (χ4n) is 3.42. The van der Waals surface area contributed by atoms with Crippen LogP contribution in [0.5, 0.6) is 0 Å². The van der Waals surface area contributed by atoms with E-state index in [2.05, 4.69) is 10.3 Å². The molecule has 0 aliphatic heterocycles. The maximum Gasteiger partial charge on any atom is 0.339 e. The van der Waals surface area contributed by atoms with Crippen LogP contribution in [0.2, 0.25) is 0 Å². The first-order chi connectivity index (χ1) is 16.9. The summed E-state index contributed by atoms with van der Waals surface area (Å²) in [6, 6.07) is 15.5. The zero-order chi connectivity index (χ0) is 25.2. The van der Waals surface area contributed by atoms with E-state index in [1.54, 1.807) is 24.4 Å². The molecule has 8 heteroatoms. The third kappa shape index (κ3) is 7.04. The van der Waals surface area contributed by atoms with Crippen molar-refractivity contribution < 1.29 is 24.2 Å². The number of hydrogen-bond donors (Lipinski definition) is 2. The van der Waals surface area contributed by atoms with Crippen molar-refractivity contribution in [3.8, 4) is 11.1 Å². The van der Waals surface area contributed by atoms with Crippen molar-refractivity contribution in [1.29, 1.82) is 0 Å². The Morgan fingerprint density at radius 2 is 1.80 bits per heavy atom. The number of amides is 1. The molecular formula is C27H26N2O5S. The molecule has 0 spiro atoms. The zero-order valence-corrected chi connectivity index (χ0v) is 20.2. The molecule has 1 amide bonds. The highest BCUT2D eigenvalue weighted by atomic mass is 32.2. The number of carboxylic acid groups (broad SMARTS) is 1. The number of aliphatic carboxylic acids is 1. The van der Waals surface area contributed by atoms with Crippen LogP contribution in [0, 0.1) is 0 Å². The molecule has 0 radical (unpaired) electrons. The van der Waals surface area contributed by atoms with E-state index in [1.165, 1.54) is 25.1 Å². The molecule has 1 aromatic heterocycles. The maximum atomic E-state index is 13.1. The molecule has 0 bridgehead atoms. The molecule has 0 unspecified atom stereocenters. The molecule has 0 saturated carbocycles. The number of methoxy groups -OCH3 is 1. The summed E-state index contributed by atoms with van der Waals surface area (Å²) >= 11 is 1.53. The normalized spacial score (nSPS) is 11.7. The number of ether oxygens (including phenoxy) is 1. The van der Waals surface area contributed by atoms with Crippen molar-refractivity contribution in [2.75, 3.05) is 19.1 Å². The van der Waals surface area contributed by atoms with Gasteiger partial charge in [0, 0.05) is 18.0 Å². The number of aromatic nitrogens is 1. The Kier molecular flexibility index (Phi) is 9.20. The fourth-order valence-corrected chi connectivity index (χ4v) is 3.89. The van der Waals surface area contributed by atoms with Gasteiger partial charge in [-0.2, -0.15) is 11.8 Å². The van der Waals surface area contributed by atoms with Gasteiger partial charge < -0.3 is 15.2 Å². The van der Waals surface area contributed by atoms with E-state index in [0.29, 0.717) is 34.4 Å². The van der Waals surface area contributed by atoms with Crippen molar-refractivity contribution in [3.63, 3.8) is 0 Å². The van der Waals surface area contributed by atoms with Crippen LogP contribution in [-0.4, -0.2) is 53.1 Å². The van der Waals surface area contributed by atoms with Crippen LogP contribution in [0.25, 0.3) is 23.3 Å². The lowest BCUT2D eigenvalue weighted by atomic mass is 9.96. The van der Waals surface area contributed by atoms with Gasteiger partial charge in [0.05, 0.1) is 12.7 Å². The molecule has 0 aliphatic rings. The first-order valence-corrected chi connectivity index (χ1v) is 12.3. The SMILES string of the molecule is COC(=O)c1cncc(C=Cc2ccc(C(=O)N[C@@H](CCSC)C(=O)O)c(-c3ccccc3)c2)c1. The predicted octanol–water partition coefficient (Wildman–Crippen LogP) is 4.64. The molecular weight excluding hydrogens is 464 g/mol. The van der Waals surface area contributed by atoms with Gasteiger partial charge in [-0.1, -0.05) is 48.6 Å².